The Morgan fingerprint density at radius 2 is 0.793 bits per heavy atom. The van der Waals surface area contributed by atoms with E-state index < -0.39 is 15.0 Å². The number of aldehydes is 4. The molecule has 4 nitrogen and oxygen atoms in total. The molecular formula is C24H26O4Se. The van der Waals surface area contributed by atoms with Gasteiger partial charge in [-0.05, 0) is 0 Å². The van der Waals surface area contributed by atoms with E-state index in [1.54, 1.807) is 24.3 Å². The van der Waals surface area contributed by atoms with Crippen LogP contribution in [0.1, 0.15) is 94.1 Å². The Bertz CT molecular complexity index is 838. The molecule has 0 spiro atoms. The zero-order valence-corrected chi connectivity index (χ0v) is 19.4. The molecule has 2 aromatic carbocycles. The van der Waals surface area contributed by atoms with E-state index in [1.165, 1.54) is 0 Å². The molecule has 0 heterocycles. The van der Waals surface area contributed by atoms with E-state index in [0.717, 1.165) is 36.3 Å². The molecule has 0 aromatic heterocycles. The van der Waals surface area contributed by atoms with Gasteiger partial charge in [-0.15, -0.1) is 0 Å². The maximum absolute atomic E-state index is 11.8. The minimum atomic E-state index is -0.564. The van der Waals surface area contributed by atoms with Crippen molar-refractivity contribution in [1.29, 1.82) is 0 Å². The first kappa shape index (κ1) is 22.9. The second-order valence-corrected chi connectivity index (χ2v) is 11.2. The standard InChI is InChI=1S/C24H26O4Se/c1-23(2,3)19-7-15(11-25)21(16(8-19)12-26)29-22-17(13-27)9-20(24(4,5)6)10-18(22)14-28/h7-14H,1-6H3. The number of carbonyl (C=O) groups excluding carboxylic acids is 4. The molecule has 0 saturated carbocycles. The molecule has 0 atom stereocenters. The van der Waals surface area contributed by atoms with Gasteiger partial charge in [0, 0.05) is 0 Å². The van der Waals surface area contributed by atoms with Gasteiger partial charge in [0.2, 0.25) is 0 Å². The first-order valence-electron chi connectivity index (χ1n) is 9.32. The van der Waals surface area contributed by atoms with Crippen LogP contribution >= 0.6 is 0 Å². The van der Waals surface area contributed by atoms with Crippen molar-refractivity contribution in [3.8, 4) is 0 Å². The predicted molar refractivity (Wildman–Crippen MR) is 117 cm³/mol. The molecule has 0 saturated heterocycles. The van der Waals surface area contributed by atoms with Gasteiger partial charge in [-0.25, -0.2) is 0 Å². The van der Waals surface area contributed by atoms with Gasteiger partial charge in [0.15, 0.2) is 0 Å². The summed E-state index contributed by atoms with van der Waals surface area (Å²) in [7, 11) is 0. The molecule has 0 radical (unpaired) electrons. The van der Waals surface area contributed by atoms with Crippen molar-refractivity contribution in [2.75, 3.05) is 0 Å². The van der Waals surface area contributed by atoms with Gasteiger partial charge < -0.3 is 0 Å². The third-order valence-corrected chi connectivity index (χ3v) is 7.57. The van der Waals surface area contributed by atoms with Crippen molar-refractivity contribution in [2.45, 2.75) is 52.4 Å². The Balaban J connectivity index is 2.73. The summed E-state index contributed by atoms with van der Waals surface area (Å²) in [4.78, 5) is 47.3. The molecule has 0 aliphatic carbocycles. The van der Waals surface area contributed by atoms with E-state index in [-0.39, 0.29) is 10.8 Å². The molecule has 5 heteroatoms. The monoisotopic (exact) mass is 458 g/mol. The van der Waals surface area contributed by atoms with Crippen LogP contribution in [-0.4, -0.2) is 40.1 Å². The molecule has 152 valence electrons. The second-order valence-electron chi connectivity index (χ2n) is 9.04. The van der Waals surface area contributed by atoms with Crippen LogP contribution in [0.25, 0.3) is 0 Å². The van der Waals surface area contributed by atoms with E-state index in [9.17, 15) is 19.2 Å². The summed E-state index contributed by atoms with van der Waals surface area (Å²) in [6.07, 6.45) is 2.96. The van der Waals surface area contributed by atoms with Gasteiger partial charge in [0.25, 0.3) is 0 Å². The van der Waals surface area contributed by atoms with Crippen LogP contribution in [0.3, 0.4) is 0 Å². The fourth-order valence-corrected chi connectivity index (χ4v) is 5.22. The van der Waals surface area contributed by atoms with Crippen LogP contribution in [0.2, 0.25) is 0 Å². The first-order chi connectivity index (χ1) is 13.5. The van der Waals surface area contributed by atoms with E-state index in [0.29, 0.717) is 31.2 Å². The molecule has 2 rings (SSSR count). The quantitative estimate of drug-likeness (QED) is 0.494. The van der Waals surface area contributed by atoms with E-state index >= 15 is 0 Å². The summed E-state index contributed by atoms with van der Waals surface area (Å²) in [5.74, 6) is 0. The van der Waals surface area contributed by atoms with Crippen molar-refractivity contribution >= 4 is 49.0 Å². The van der Waals surface area contributed by atoms with Gasteiger partial charge >= 0.3 is 178 Å². The molecule has 0 amide bonds. The zero-order chi connectivity index (χ0) is 22.0. The fraction of sp³-hybridized carbons (Fsp3) is 0.333. The van der Waals surface area contributed by atoms with Crippen LogP contribution in [0.5, 0.6) is 0 Å². The molecule has 0 N–H and O–H groups in total. The van der Waals surface area contributed by atoms with E-state index in [1.807, 2.05) is 41.5 Å². The summed E-state index contributed by atoms with van der Waals surface area (Å²) in [5.41, 5.74) is 3.02. The molecule has 2 aromatic rings. The number of hydrogen-bond acceptors (Lipinski definition) is 4. The van der Waals surface area contributed by atoms with Crippen LogP contribution < -0.4 is 8.92 Å². The summed E-state index contributed by atoms with van der Waals surface area (Å²) in [6, 6.07) is 7.17. The first-order valence-corrected chi connectivity index (χ1v) is 11.0. The average molecular weight is 457 g/mol. The summed E-state index contributed by atoms with van der Waals surface area (Å²) < 4.78 is 1.18. The molecule has 0 aliphatic rings. The zero-order valence-electron chi connectivity index (χ0n) is 17.7. The van der Waals surface area contributed by atoms with E-state index in [2.05, 4.69) is 0 Å². The van der Waals surface area contributed by atoms with Crippen molar-refractivity contribution < 1.29 is 19.2 Å². The van der Waals surface area contributed by atoms with Gasteiger partial charge in [0.05, 0.1) is 0 Å². The SMILES string of the molecule is CC(C)(C)c1cc(C=O)c([Se]c2c(C=O)cc(C(C)(C)C)cc2C=O)c(C=O)c1. The van der Waals surface area contributed by atoms with Crippen LogP contribution in [-0.2, 0) is 10.8 Å². The molecule has 29 heavy (non-hydrogen) atoms. The Hall–Kier alpha value is -2.36. The molecule has 0 fully saturated rings. The van der Waals surface area contributed by atoms with Gasteiger partial charge in [-0.1, -0.05) is 0 Å². The molecular weight excluding hydrogens is 431 g/mol. The van der Waals surface area contributed by atoms with E-state index in [4.69, 9.17) is 0 Å². The summed E-state index contributed by atoms with van der Waals surface area (Å²) >= 11 is -0.564. The second kappa shape index (κ2) is 8.56. The van der Waals surface area contributed by atoms with Crippen LogP contribution in [0, 0.1) is 0 Å². The van der Waals surface area contributed by atoms with Gasteiger partial charge in [0.1, 0.15) is 0 Å². The molecule has 0 unspecified atom stereocenters. The third-order valence-electron chi connectivity index (χ3n) is 4.74. The predicted octanol–water partition coefficient (Wildman–Crippen LogP) is 3.19. The topological polar surface area (TPSA) is 68.3 Å². The average Bonchev–Trinajstić information content (AvgIpc) is 2.65. The van der Waals surface area contributed by atoms with Gasteiger partial charge in [-0.3, -0.25) is 0 Å². The number of benzene rings is 2. The number of rotatable bonds is 6. The Kier molecular flexibility index (Phi) is 6.77. The van der Waals surface area contributed by atoms with Crippen molar-refractivity contribution in [2.24, 2.45) is 0 Å². The van der Waals surface area contributed by atoms with Crippen molar-refractivity contribution in [3.05, 3.63) is 57.6 Å². The molecule has 0 aliphatic heterocycles. The van der Waals surface area contributed by atoms with Crippen molar-refractivity contribution in [3.63, 3.8) is 0 Å². The third kappa shape index (κ3) is 4.98. The number of carbonyl (C=O) groups is 4. The Labute approximate surface area is 178 Å². The molecule has 0 bridgehead atoms. The Morgan fingerprint density at radius 3 is 0.966 bits per heavy atom. The normalized spacial score (nSPS) is 11.8. The summed E-state index contributed by atoms with van der Waals surface area (Å²) in [5, 5.41) is 0. The van der Waals surface area contributed by atoms with Gasteiger partial charge in [-0.2, -0.15) is 0 Å². The number of hydrogen-bond donors (Lipinski definition) is 0. The van der Waals surface area contributed by atoms with Crippen molar-refractivity contribution in [1.82, 2.24) is 0 Å². The fourth-order valence-electron chi connectivity index (χ4n) is 2.90. The Morgan fingerprint density at radius 1 is 0.552 bits per heavy atom. The maximum atomic E-state index is 11.8. The minimum absolute atomic E-state index is 0.225. The summed E-state index contributed by atoms with van der Waals surface area (Å²) in [6.45, 7) is 12.1. The van der Waals surface area contributed by atoms with Crippen LogP contribution in [0.4, 0.5) is 0 Å². The van der Waals surface area contributed by atoms with Crippen LogP contribution in [0.15, 0.2) is 24.3 Å².